The molecule has 2 N–H and O–H groups in total. The highest BCUT2D eigenvalue weighted by Gasteiger charge is 2.45. The van der Waals surface area contributed by atoms with Crippen LogP contribution in [0.5, 0.6) is 0 Å². The van der Waals surface area contributed by atoms with Crippen LogP contribution in [0.4, 0.5) is 0 Å². The van der Waals surface area contributed by atoms with Gasteiger partial charge in [-0.05, 0) is 13.8 Å². The lowest BCUT2D eigenvalue weighted by Crippen LogP contribution is -2.62. The molecule has 0 aromatic carbocycles. The van der Waals surface area contributed by atoms with Crippen molar-refractivity contribution in [2.24, 2.45) is 11.8 Å². The molecule has 0 aromatic rings. The van der Waals surface area contributed by atoms with Gasteiger partial charge in [0.15, 0.2) is 0 Å². The molecule has 1 saturated heterocycles. The number of rotatable bonds is 0. The Balaban J connectivity index is 2.19. The van der Waals surface area contributed by atoms with Gasteiger partial charge in [-0.2, -0.15) is 0 Å². The Morgan fingerprint density at radius 2 is 1.25 bits per heavy atom. The molecule has 6 aliphatic rings. The number of carbonyl (C=O) groups excluding carboxylic acids is 2. The zero-order valence-corrected chi connectivity index (χ0v) is 9.28. The largest absolute Gasteiger partial charge is 0.348 e. The van der Waals surface area contributed by atoms with E-state index in [0.717, 1.165) is 11.1 Å². The van der Waals surface area contributed by atoms with E-state index >= 15 is 0 Å². The Labute approximate surface area is 93.8 Å². The van der Waals surface area contributed by atoms with Crippen molar-refractivity contribution in [3.8, 4) is 0 Å². The van der Waals surface area contributed by atoms with E-state index in [0.29, 0.717) is 0 Å². The molecule has 5 aliphatic heterocycles. The van der Waals surface area contributed by atoms with E-state index in [1.807, 2.05) is 26.0 Å². The molecule has 0 aromatic heterocycles. The maximum absolute atomic E-state index is 11.9. The van der Waals surface area contributed by atoms with Gasteiger partial charge < -0.3 is 10.6 Å². The molecule has 0 spiro atoms. The quantitative estimate of drug-likeness (QED) is 0.567. The maximum atomic E-state index is 11.9. The highest BCUT2D eigenvalue weighted by molar-refractivity contribution is 5.92. The highest BCUT2D eigenvalue weighted by Crippen LogP contribution is 2.33. The Morgan fingerprint density at radius 3 is 1.62 bits per heavy atom. The van der Waals surface area contributed by atoms with Gasteiger partial charge in [0, 0.05) is 0 Å². The molecule has 16 heavy (non-hydrogen) atoms. The van der Waals surface area contributed by atoms with Crippen molar-refractivity contribution in [1.82, 2.24) is 10.6 Å². The van der Waals surface area contributed by atoms with Gasteiger partial charge >= 0.3 is 0 Å². The van der Waals surface area contributed by atoms with Gasteiger partial charge in [0.25, 0.3) is 0 Å². The minimum atomic E-state index is -0.252. The second-order valence-corrected chi connectivity index (χ2v) is 4.85. The topological polar surface area (TPSA) is 58.2 Å². The summed E-state index contributed by atoms with van der Waals surface area (Å²) in [7, 11) is 0. The van der Waals surface area contributed by atoms with E-state index in [9.17, 15) is 9.59 Å². The second kappa shape index (κ2) is 2.97. The van der Waals surface area contributed by atoms with Gasteiger partial charge in [-0.3, -0.25) is 9.59 Å². The lowest BCUT2D eigenvalue weighted by atomic mass is 9.75. The molecule has 4 nitrogen and oxygen atoms in total. The summed E-state index contributed by atoms with van der Waals surface area (Å²) in [5, 5.41) is 5.88. The monoisotopic (exact) mass is 218 g/mol. The third kappa shape index (κ3) is 1.10. The van der Waals surface area contributed by atoms with Gasteiger partial charge in [0.2, 0.25) is 11.8 Å². The average Bonchev–Trinajstić information content (AvgIpc) is 2.23. The summed E-state index contributed by atoms with van der Waals surface area (Å²) in [6.07, 6.45) is 3.99. The molecular formula is C12H14N2O2. The normalized spacial score (nSPS) is 40.6. The summed E-state index contributed by atoms with van der Waals surface area (Å²) in [6.45, 7) is 3.96. The first-order valence-corrected chi connectivity index (χ1v) is 5.55. The number of amides is 2. The van der Waals surface area contributed by atoms with E-state index in [1.54, 1.807) is 0 Å². The minimum absolute atomic E-state index is 0.0260. The van der Waals surface area contributed by atoms with Gasteiger partial charge in [-0.25, -0.2) is 0 Å². The Hall–Kier alpha value is -1.58. The summed E-state index contributed by atoms with van der Waals surface area (Å²) in [5.41, 5.74) is 2.19. The fourth-order valence-corrected chi connectivity index (χ4v) is 2.89. The van der Waals surface area contributed by atoms with Crippen molar-refractivity contribution < 1.29 is 9.59 Å². The molecule has 1 fully saturated rings. The fourth-order valence-electron chi connectivity index (χ4n) is 2.89. The molecule has 1 aliphatic carbocycles. The number of carbonyl (C=O) groups is 2. The minimum Gasteiger partial charge on any atom is -0.348 e. The third-order valence-electron chi connectivity index (χ3n) is 3.79. The molecule has 4 atom stereocenters. The van der Waals surface area contributed by atoms with Crippen LogP contribution in [0.1, 0.15) is 13.8 Å². The first-order chi connectivity index (χ1) is 7.58. The maximum Gasteiger partial charge on any atom is 0.229 e. The molecule has 5 heterocycles. The number of nitrogens with one attached hydrogen (secondary N) is 2. The van der Waals surface area contributed by atoms with Crippen LogP contribution in [0.3, 0.4) is 0 Å². The zero-order chi connectivity index (χ0) is 11.4. The Morgan fingerprint density at radius 1 is 0.875 bits per heavy atom. The summed E-state index contributed by atoms with van der Waals surface area (Å²) >= 11 is 0. The van der Waals surface area contributed by atoms with Crippen molar-refractivity contribution in [2.45, 2.75) is 25.9 Å². The van der Waals surface area contributed by atoms with E-state index in [2.05, 4.69) is 10.6 Å². The van der Waals surface area contributed by atoms with Crippen LogP contribution in [0.15, 0.2) is 23.3 Å². The molecule has 4 bridgehead atoms. The smallest absolute Gasteiger partial charge is 0.229 e. The van der Waals surface area contributed by atoms with Crippen molar-refractivity contribution in [2.75, 3.05) is 0 Å². The summed E-state index contributed by atoms with van der Waals surface area (Å²) in [6, 6.07) is -0.333. The summed E-state index contributed by atoms with van der Waals surface area (Å²) in [4.78, 5) is 23.8. The van der Waals surface area contributed by atoms with Crippen LogP contribution < -0.4 is 10.6 Å². The van der Waals surface area contributed by atoms with Crippen molar-refractivity contribution in [3.05, 3.63) is 23.3 Å². The number of hydrogen-bond donors (Lipinski definition) is 2. The van der Waals surface area contributed by atoms with Crippen LogP contribution in [-0.2, 0) is 9.59 Å². The van der Waals surface area contributed by atoms with Gasteiger partial charge in [-0.1, -0.05) is 23.3 Å². The predicted molar refractivity (Wildman–Crippen MR) is 58.4 cm³/mol. The Bertz CT molecular complexity index is 408. The second-order valence-electron chi connectivity index (χ2n) is 4.85. The first-order valence-electron chi connectivity index (χ1n) is 5.55. The molecule has 84 valence electrons. The van der Waals surface area contributed by atoms with E-state index in [4.69, 9.17) is 0 Å². The lowest BCUT2D eigenvalue weighted by molar-refractivity contribution is -0.132. The van der Waals surface area contributed by atoms with Crippen molar-refractivity contribution >= 4 is 11.8 Å². The average molecular weight is 218 g/mol. The molecule has 6 rings (SSSR count). The van der Waals surface area contributed by atoms with E-state index < -0.39 is 0 Å². The molecule has 0 radical (unpaired) electrons. The summed E-state index contributed by atoms with van der Waals surface area (Å²) < 4.78 is 0. The third-order valence-corrected chi connectivity index (χ3v) is 3.79. The first kappa shape index (κ1) is 9.63. The lowest BCUT2D eigenvalue weighted by Gasteiger charge is -2.43. The standard InChI is InChI=1S/C12H14N2O2/c1-5-3-7-10-6(2)4-8(12(16)14-10)9(5)13-11(7)15/h3-4,7-10H,1-2H3,(H,13,15)(H,14,16)/t7-,8+,9+,10-. The van der Waals surface area contributed by atoms with Crippen LogP contribution in [0, 0.1) is 11.8 Å². The molecule has 2 amide bonds. The molecule has 0 saturated carbocycles. The highest BCUT2D eigenvalue weighted by atomic mass is 16.2. The van der Waals surface area contributed by atoms with Crippen LogP contribution >= 0.6 is 0 Å². The molecular weight excluding hydrogens is 204 g/mol. The van der Waals surface area contributed by atoms with E-state index in [-0.39, 0.29) is 35.7 Å². The van der Waals surface area contributed by atoms with Crippen molar-refractivity contribution in [1.29, 1.82) is 0 Å². The summed E-state index contributed by atoms with van der Waals surface area (Å²) in [5.74, 6) is -0.452. The molecule has 0 unspecified atom stereocenters. The fraction of sp³-hybridized carbons (Fsp3) is 0.500. The van der Waals surface area contributed by atoms with Gasteiger partial charge in [-0.15, -0.1) is 0 Å². The van der Waals surface area contributed by atoms with Crippen LogP contribution in [0.25, 0.3) is 0 Å². The predicted octanol–water partition coefficient (Wildman–Crippen LogP) is 0.122. The Kier molecular flexibility index (Phi) is 1.79. The molecule has 4 heteroatoms. The van der Waals surface area contributed by atoms with Gasteiger partial charge in [0.05, 0.1) is 23.9 Å². The SMILES string of the molecule is CC1=C[C@@H]2C(=O)N[C@H]1[C@H]1C=C(C)[C@@H]2NC1=O. The number of hydrogen-bond acceptors (Lipinski definition) is 2. The van der Waals surface area contributed by atoms with Gasteiger partial charge in [0.1, 0.15) is 0 Å². The van der Waals surface area contributed by atoms with Crippen LogP contribution in [0.2, 0.25) is 0 Å². The zero-order valence-electron chi connectivity index (χ0n) is 9.28. The van der Waals surface area contributed by atoms with Crippen molar-refractivity contribution in [3.63, 3.8) is 0 Å². The van der Waals surface area contributed by atoms with E-state index in [1.165, 1.54) is 0 Å². The van der Waals surface area contributed by atoms with Crippen LogP contribution in [-0.4, -0.2) is 23.9 Å².